The molecule has 1 aromatic carbocycles. The van der Waals surface area contributed by atoms with Crippen molar-refractivity contribution < 1.29 is 23.5 Å². The van der Waals surface area contributed by atoms with Crippen LogP contribution in [0.2, 0.25) is 0 Å². The molecule has 0 aliphatic carbocycles. The summed E-state index contributed by atoms with van der Waals surface area (Å²) in [7, 11) is 0. The fraction of sp³-hybridized carbons (Fsp3) is 0.167. The Morgan fingerprint density at radius 2 is 2.00 bits per heavy atom. The van der Waals surface area contributed by atoms with Gasteiger partial charge in [-0.2, -0.15) is 0 Å². The van der Waals surface area contributed by atoms with Crippen LogP contribution in [0.1, 0.15) is 27.8 Å². The van der Waals surface area contributed by atoms with Crippen LogP contribution in [0.5, 0.6) is 0 Å². The van der Waals surface area contributed by atoms with E-state index >= 15 is 0 Å². The molecule has 0 aliphatic heterocycles. The summed E-state index contributed by atoms with van der Waals surface area (Å²) in [5.74, 6) is -1.55. The first-order valence-electron chi connectivity index (χ1n) is 7.56. The van der Waals surface area contributed by atoms with Crippen LogP contribution >= 0.6 is 0 Å². The van der Waals surface area contributed by atoms with E-state index in [1.165, 1.54) is 31.4 Å². The first-order chi connectivity index (χ1) is 12.0. The third-order valence-corrected chi connectivity index (χ3v) is 3.21. The zero-order chi connectivity index (χ0) is 18.2. The summed E-state index contributed by atoms with van der Waals surface area (Å²) in [6.07, 6.45) is 1.91. The maximum Gasteiger partial charge on any atom is 0.341 e. The Kier molecular flexibility index (Phi) is 6.11. The molecule has 7 nitrogen and oxygen atoms in total. The van der Waals surface area contributed by atoms with Crippen molar-refractivity contribution in [1.29, 1.82) is 0 Å². The minimum Gasteiger partial charge on any atom is -0.459 e. The molecule has 0 unspecified atom stereocenters. The van der Waals surface area contributed by atoms with Gasteiger partial charge in [0.15, 0.2) is 11.9 Å². The average Bonchev–Trinajstić information content (AvgIpc) is 3.14. The van der Waals surface area contributed by atoms with Crippen molar-refractivity contribution in [3.8, 4) is 0 Å². The molecule has 2 rings (SSSR count). The summed E-state index contributed by atoms with van der Waals surface area (Å²) in [4.78, 5) is 36.2. The van der Waals surface area contributed by atoms with E-state index in [9.17, 15) is 14.4 Å². The zero-order valence-corrected chi connectivity index (χ0v) is 13.7. The van der Waals surface area contributed by atoms with Crippen LogP contribution in [-0.4, -0.2) is 30.4 Å². The standard InChI is InChI=1S/C18H18N2O5/c1-3-10-19-16(21)12(2)25-18(23)13-7-4-5-8-14(13)20-17(22)15-9-6-11-24-15/h3-9,11-12H,1,10H2,2H3,(H,19,21)(H,20,22)/t12-/m0/s1. The third kappa shape index (κ3) is 4.81. The number of carbonyl (C=O) groups is 3. The van der Waals surface area contributed by atoms with Gasteiger partial charge in [-0.1, -0.05) is 18.2 Å². The van der Waals surface area contributed by atoms with Gasteiger partial charge in [0.2, 0.25) is 0 Å². The van der Waals surface area contributed by atoms with Gasteiger partial charge in [-0.25, -0.2) is 4.79 Å². The van der Waals surface area contributed by atoms with Crippen molar-refractivity contribution in [2.75, 3.05) is 11.9 Å². The number of anilines is 1. The highest BCUT2D eigenvalue weighted by Gasteiger charge is 2.21. The maximum atomic E-state index is 12.3. The van der Waals surface area contributed by atoms with Gasteiger partial charge in [-0.05, 0) is 31.2 Å². The lowest BCUT2D eigenvalue weighted by atomic mass is 10.1. The van der Waals surface area contributed by atoms with Crippen LogP contribution in [0.25, 0.3) is 0 Å². The Balaban J connectivity index is 2.08. The molecule has 7 heteroatoms. The summed E-state index contributed by atoms with van der Waals surface area (Å²) in [6.45, 7) is 5.22. The molecular formula is C18H18N2O5. The quantitative estimate of drug-likeness (QED) is 0.595. The molecule has 130 valence electrons. The fourth-order valence-electron chi connectivity index (χ4n) is 1.96. The third-order valence-electron chi connectivity index (χ3n) is 3.21. The summed E-state index contributed by atoms with van der Waals surface area (Å²) < 4.78 is 10.2. The van der Waals surface area contributed by atoms with Gasteiger partial charge in [0.25, 0.3) is 11.8 Å². The number of ether oxygens (including phenoxy) is 1. The van der Waals surface area contributed by atoms with Crippen molar-refractivity contribution >= 4 is 23.5 Å². The van der Waals surface area contributed by atoms with E-state index in [0.29, 0.717) is 0 Å². The van der Waals surface area contributed by atoms with E-state index in [1.807, 2.05) is 0 Å². The van der Waals surface area contributed by atoms with Crippen LogP contribution in [0.3, 0.4) is 0 Å². The molecule has 1 atom stereocenters. The van der Waals surface area contributed by atoms with Gasteiger partial charge in [0.05, 0.1) is 17.5 Å². The average molecular weight is 342 g/mol. The largest absolute Gasteiger partial charge is 0.459 e. The maximum absolute atomic E-state index is 12.3. The van der Waals surface area contributed by atoms with E-state index in [4.69, 9.17) is 9.15 Å². The Hall–Kier alpha value is -3.35. The van der Waals surface area contributed by atoms with Crippen LogP contribution in [-0.2, 0) is 9.53 Å². The molecule has 2 amide bonds. The lowest BCUT2D eigenvalue weighted by molar-refractivity contribution is -0.128. The number of amides is 2. The number of furan rings is 1. The first kappa shape index (κ1) is 18.0. The van der Waals surface area contributed by atoms with E-state index < -0.39 is 23.9 Å². The normalized spacial score (nSPS) is 11.2. The predicted molar refractivity (Wildman–Crippen MR) is 91.2 cm³/mol. The number of benzene rings is 1. The van der Waals surface area contributed by atoms with Crippen molar-refractivity contribution in [2.24, 2.45) is 0 Å². The molecule has 0 fully saturated rings. The van der Waals surface area contributed by atoms with Gasteiger partial charge in [-0.3, -0.25) is 9.59 Å². The first-order valence-corrected chi connectivity index (χ1v) is 7.56. The Morgan fingerprint density at radius 1 is 1.24 bits per heavy atom. The number of hydrogen-bond donors (Lipinski definition) is 2. The molecule has 1 aromatic heterocycles. The second-order valence-corrected chi connectivity index (χ2v) is 5.06. The number of rotatable bonds is 7. The smallest absolute Gasteiger partial charge is 0.341 e. The van der Waals surface area contributed by atoms with Crippen LogP contribution in [0.4, 0.5) is 5.69 Å². The Labute approximate surface area is 144 Å². The Morgan fingerprint density at radius 3 is 2.68 bits per heavy atom. The number of esters is 1. The molecule has 1 heterocycles. The second kappa shape index (κ2) is 8.49. The molecule has 0 spiro atoms. The van der Waals surface area contributed by atoms with E-state index in [2.05, 4.69) is 17.2 Å². The summed E-state index contributed by atoms with van der Waals surface area (Å²) >= 11 is 0. The Bertz CT molecular complexity index is 768. The van der Waals surface area contributed by atoms with Crippen LogP contribution in [0.15, 0.2) is 59.7 Å². The summed E-state index contributed by atoms with van der Waals surface area (Å²) in [5.41, 5.74) is 0.387. The fourth-order valence-corrected chi connectivity index (χ4v) is 1.96. The minimum atomic E-state index is -0.985. The van der Waals surface area contributed by atoms with Gasteiger partial charge in [0.1, 0.15) is 0 Å². The van der Waals surface area contributed by atoms with Gasteiger partial charge < -0.3 is 19.8 Å². The number of nitrogens with one attached hydrogen (secondary N) is 2. The topological polar surface area (TPSA) is 97.6 Å². The van der Waals surface area contributed by atoms with Crippen LogP contribution in [0, 0.1) is 0 Å². The molecule has 0 bridgehead atoms. The second-order valence-electron chi connectivity index (χ2n) is 5.06. The number of hydrogen-bond acceptors (Lipinski definition) is 5. The van der Waals surface area contributed by atoms with E-state index in [-0.39, 0.29) is 23.6 Å². The van der Waals surface area contributed by atoms with Crippen molar-refractivity contribution in [1.82, 2.24) is 5.32 Å². The van der Waals surface area contributed by atoms with Crippen molar-refractivity contribution in [2.45, 2.75) is 13.0 Å². The molecule has 0 saturated carbocycles. The highest BCUT2D eigenvalue weighted by Crippen LogP contribution is 2.18. The lowest BCUT2D eigenvalue weighted by Crippen LogP contribution is -2.36. The molecule has 0 radical (unpaired) electrons. The monoisotopic (exact) mass is 342 g/mol. The van der Waals surface area contributed by atoms with Crippen molar-refractivity contribution in [3.63, 3.8) is 0 Å². The summed E-state index contributed by atoms with van der Waals surface area (Å²) in [5, 5.41) is 5.12. The van der Waals surface area contributed by atoms with Gasteiger partial charge in [0, 0.05) is 6.54 Å². The zero-order valence-electron chi connectivity index (χ0n) is 13.7. The number of para-hydroxylation sites is 1. The van der Waals surface area contributed by atoms with Crippen molar-refractivity contribution in [3.05, 3.63) is 66.6 Å². The molecule has 0 aliphatic rings. The lowest BCUT2D eigenvalue weighted by Gasteiger charge is -2.14. The molecule has 2 N–H and O–H groups in total. The van der Waals surface area contributed by atoms with E-state index in [0.717, 1.165) is 0 Å². The highest BCUT2D eigenvalue weighted by atomic mass is 16.5. The van der Waals surface area contributed by atoms with Gasteiger partial charge in [-0.15, -0.1) is 6.58 Å². The predicted octanol–water partition coefficient (Wildman–Crippen LogP) is 2.38. The highest BCUT2D eigenvalue weighted by molar-refractivity contribution is 6.06. The summed E-state index contributed by atoms with van der Waals surface area (Å²) in [6, 6.07) is 9.42. The van der Waals surface area contributed by atoms with E-state index in [1.54, 1.807) is 24.3 Å². The molecule has 25 heavy (non-hydrogen) atoms. The minimum absolute atomic E-state index is 0.111. The van der Waals surface area contributed by atoms with Gasteiger partial charge >= 0.3 is 5.97 Å². The number of carbonyl (C=O) groups excluding carboxylic acids is 3. The molecule has 2 aromatic rings. The SMILES string of the molecule is C=CCNC(=O)[C@H](C)OC(=O)c1ccccc1NC(=O)c1ccco1. The molecule has 0 saturated heterocycles. The molecular weight excluding hydrogens is 324 g/mol. The van der Waals surface area contributed by atoms with Crippen LogP contribution < -0.4 is 10.6 Å².